The van der Waals surface area contributed by atoms with E-state index >= 15 is 0 Å². The number of hydrogen-bond donors (Lipinski definition) is 2. The van der Waals surface area contributed by atoms with E-state index in [9.17, 15) is 9.59 Å². The molecule has 1 aliphatic carbocycles. The Bertz CT molecular complexity index is 954. The van der Waals surface area contributed by atoms with Gasteiger partial charge in [-0.25, -0.2) is 0 Å². The van der Waals surface area contributed by atoms with Gasteiger partial charge in [-0.05, 0) is 55.0 Å². The van der Waals surface area contributed by atoms with Gasteiger partial charge in [-0.1, -0.05) is 36.8 Å². The molecule has 1 aromatic heterocycles. The van der Waals surface area contributed by atoms with E-state index in [1.165, 1.54) is 7.11 Å². The molecule has 164 valence electrons. The molecule has 2 aromatic rings. The van der Waals surface area contributed by atoms with E-state index in [0.29, 0.717) is 18.7 Å². The lowest BCUT2D eigenvalue weighted by molar-refractivity contribution is -0.140. The molecule has 0 unspecified atom stereocenters. The van der Waals surface area contributed by atoms with Gasteiger partial charge in [0.1, 0.15) is 11.4 Å². The number of methoxy groups -OCH3 is 2. The Hall–Kier alpha value is -3.28. The molecule has 6 heteroatoms. The molecule has 0 saturated heterocycles. The molecule has 1 aromatic carbocycles. The molecular weight excluding hydrogens is 392 g/mol. The predicted molar refractivity (Wildman–Crippen MR) is 122 cm³/mol. The highest BCUT2D eigenvalue weighted by Gasteiger charge is 2.18. The van der Waals surface area contributed by atoms with Crippen LogP contribution in [0.5, 0.6) is 5.75 Å². The summed E-state index contributed by atoms with van der Waals surface area (Å²) < 4.78 is 9.90. The highest BCUT2D eigenvalue weighted by atomic mass is 16.5. The number of amides is 1. The van der Waals surface area contributed by atoms with E-state index in [0.717, 1.165) is 60.2 Å². The molecule has 0 aliphatic heterocycles. The van der Waals surface area contributed by atoms with Crippen LogP contribution in [-0.2, 0) is 9.53 Å². The first-order valence-electron chi connectivity index (χ1n) is 10.7. The van der Waals surface area contributed by atoms with Crippen molar-refractivity contribution in [1.29, 1.82) is 0 Å². The Morgan fingerprint density at radius 1 is 1.06 bits per heavy atom. The quantitative estimate of drug-likeness (QED) is 0.422. The normalized spacial score (nSPS) is 12.9. The van der Waals surface area contributed by atoms with Gasteiger partial charge in [-0.2, -0.15) is 0 Å². The van der Waals surface area contributed by atoms with Crippen LogP contribution in [-0.4, -0.2) is 37.6 Å². The zero-order chi connectivity index (χ0) is 22.1. The molecular formula is C25H30N2O4. The average molecular weight is 423 g/mol. The van der Waals surface area contributed by atoms with Crippen LogP contribution in [0.1, 0.15) is 54.7 Å². The Morgan fingerprint density at radius 3 is 2.55 bits per heavy atom. The van der Waals surface area contributed by atoms with Crippen LogP contribution < -0.4 is 10.1 Å². The van der Waals surface area contributed by atoms with Crippen molar-refractivity contribution in [2.75, 3.05) is 20.8 Å². The van der Waals surface area contributed by atoms with Crippen LogP contribution in [0.2, 0.25) is 0 Å². The van der Waals surface area contributed by atoms with E-state index in [4.69, 9.17) is 4.74 Å². The summed E-state index contributed by atoms with van der Waals surface area (Å²) in [5, 5.41) is 3.00. The molecule has 3 rings (SSSR count). The van der Waals surface area contributed by atoms with Gasteiger partial charge in [0.25, 0.3) is 5.91 Å². The van der Waals surface area contributed by atoms with Crippen molar-refractivity contribution in [3.63, 3.8) is 0 Å². The molecule has 0 atom stereocenters. The van der Waals surface area contributed by atoms with Crippen LogP contribution in [0.4, 0.5) is 0 Å². The number of rotatable bonds is 10. The number of esters is 1. The molecule has 0 fully saturated rings. The molecule has 1 amide bonds. The summed E-state index contributed by atoms with van der Waals surface area (Å²) in [4.78, 5) is 27.5. The predicted octanol–water partition coefficient (Wildman–Crippen LogP) is 4.89. The maximum atomic E-state index is 13.0. The Morgan fingerprint density at radius 2 is 1.87 bits per heavy atom. The number of nitrogens with one attached hydrogen (secondary N) is 2. The maximum absolute atomic E-state index is 13.0. The highest BCUT2D eigenvalue weighted by Crippen LogP contribution is 2.31. The lowest BCUT2D eigenvalue weighted by atomic mass is 10.0. The molecule has 2 N–H and O–H groups in total. The summed E-state index contributed by atoms with van der Waals surface area (Å²) >= 11 is 0. The minimum Gasteiger partial charge on any atom is -0.497 e. The second-order valence-corrected chi connectivity index (χ2v) is 7.48. The van der Waals surface area contributed by atoms with Crippen LogP contribution in [0.3, 0.4) is 0 Å². The minimum atomic E-state index is -0.196. The van der Waals surface area contributed by atoms with Gasteiger partial charge in [0, 0.05) is 24.2 Å². The fraction of sp³-hybridized carbons (Fsp3) is 0.360. The molecule has 0 bridgehead atoms. The van der Waals surface area contributed by atoms with Crippen LogP contribution in [0.15, 0.2) is 48.6 Å². The van der Waals surface area contributed by atoms with Crippen molar-refractivity contribution in [2.24, 2.45) is 0 Å². The first-order chi connectivity index (χ1) is 15.1. The lowest BCUT2D eigenvalue weighted by Crippen LogP contribution is -2.25. The second kappa shape index (κ2) is 11.2. The van der Waals surface area contributed by atoms with Crippen molar-refractivity contribution >= 4 is 17.4 Å². The van der Waals surface area contributed by atoms with Gasteiger partial charge < -0.3 is 19.8 Å². The van der Waals surface area contributed by atoms with Crippen molar-refractivity contribution in [2.45, 2.75) is 38.5 Å². The van der Waals surface area contributed by atoms with Crippen LogP contribution >= 0.6 is 0 Å². The SMILES string of the molecule is COC(=O)CCCCCNC(=O)c1[nH]c(C2=CCCC=C2)cc1-c1ccc(OC)cc1. The van der Waals surface area contributed by atoms with Gasteiger partial charge in [-0.3, -0.25) is 9.59 Å². The molecule has 1 heterocycles. The van der Waals surface area contributed by atoms with Gasteiger partial charge in [0.2, 0.25) is 0 Å². The summed E-state index contributed by atoms with van der Waals surface area (Å²) in [5.74, 6) is 0.443. The Labute approximate surface area is 183 Å². The van der Waals surface area contributed by atoms with E-state index in [-0.39, 0.29) is 11.9 Å². The van der Waals surface area contributed by atoms with Gasteiger partial charge in [-0.15, -0.1) is 0 Å². The third kappa shape index (κ3) is 6.10. The molecule has 0 radical (unpaired) electrons. The first-order valence-corrected chi connectivity index (χ1v) is 10.7. The zero-order valence-corrected chi connectivity index (χ0v) is 18.2. The van der Waals surface area contributed by atoms with Gasteiger partial charge in [0.15, 0.2) is 0 Å². The number of H-pyrrole nitrogens is 1. The fourth-order valence-electron chi connectivity index (χ4n) is 3.56. The van der Waals surface area contributed by atoms with Crippen molar-refractivity contribution in [3.8, 4) is 16.9 Å². The number of allylic oxidation sites excluding steroid dienone is 4. The summed E-state index contributed by atoms with van der Waals surface area (Å²) in [6, 6.07) is 9.74. The van der Waals surface area contributed by atoms with E-state index in [1.807, 2.05) is 30.3 Å². The topological polar surface area (TPSA) is 80.4 Å². The third-order valence-corrected chi connectivity index (χ3v) is 5.32. The number of carbonyl (C=O) groups excluding carboxylic acids is 2. The molecule has 1 aliphatic rings. The largest absolute Gasteiger partial charge is 0.497 e. The van der Waals surface area contributed by atoms with Crippen LogP contribution in [0.25, 0.3) is 16.7 Å². The van der Waals surface area contributed by atoms with Crippen LogP contribution in [0, 0.1) is 0 Å². The number of ether oxygens (including phenoxy) is 2. The summed E-state index contributed by atoms with van der Waals surface area (Å²) in [5.41, 5.74) is 4.40. The van der Waals surface area contributed by atoms with Gasteiger partial charge >= 0.3 is 5.97 Å². The van der Waals surface area contributed by atoms with Crippen molar-refractivity contribution in [1.82, 2.24) is 10.3 Å². The molecule has 0 saturated carbocycles. The Balaban J connectivity index is 1.71. The number of aromatic amines is 1. The molecule has 0 spiro atoms. The number of benzene rings is 1. The average Bonchev–Trinajstić information content (AvgIpc) is 3.27. The highest BCUT2D eigenvalue weighted by molar-refractivity contribution is 6.00. The lowest BCUT2D eigenvalue weighted by Gasteiger charge is -2.07. The third-order valence-electron chi connectivity index (χ3n) is 5.32. The van der Waals surface area contributed by atoms with E-state index in [1.54, 1.807) is 7.11 Å². The van der Waals surface area contributed by atoms with Crippen molar-refractivity contribution in [3.05, 3.63) is 59.9 Å². The zero-order valence-electron chi connectivity index (χ0n) is 18.2. The van der Waals surface area contributed by atoms with E-state index in [2.05, 4.69) is 33.3 Å². The van der Waals surface area contributed by atoms with E-state index < -0.39 is 0 Å². The minimum absolute atomic E-state index is 0.134. The first kappa shape index (κ1) is 22.4. The summed E-state index contributed by atoms with van der Waals surface area (Å²) in [6.07, 6.45) is 11.3. The second-order valence-electron chi connectivity index (χ2n) is 7.48. The smallest absolute Gasteiger partial charge is 0.305 e. The summed E-state index contributed by atoms with van der Waals surface area (Å²) in [6.45, 7) is 0.555. The Kier molecular flexibility index (Phi) is 8.10. The maximum Gasteiger partial charge on any atom is 0.305 e. The number of aromatic nitrogens is 1. The monoisotopic (exact) mass is 422 g/mol. The number of hydrogen-bond acceptors (Lipinski definition) is 4. The molecule has 31 heavy (non-hydrogen) atoms. The molecule has 6 nitrogen and oxygen atoms in total. The number of unbranched alkanes of at least 4 members (excludes halogenated alkanes) is 2. The van der Waals surface area contributed by atoms with Crippen molar-refractivity contribution < 1.29 is 19.1 Å². The fourth-order valence-corrected chi connectivity index (χ4v) is 3.56. The summed E-state index contributed by atoms with van der Waals surface area (Å²) in [7, 11) is 3.03. The number of carbonyl (C=O) groups is 2. The standard InChI is InChI=1S/C25H30N2O4/c1-30-20-14-12-18(13-15-20)21-17-22(19-9-5-3-6-10-19)27-24(21)25(29)26-16-8-4-7-11-23(28)31-2/h5,9-10,12-15,17,27H,3-4,6-8,11,16H2,1-2H3,(H,26,29). The van der Waals surface area contributed by atoms with Gasteiger partial charge in [0.05, 0.1) is 14.2 Å².